The lowest BCUT2D eigenvalue weighted by atomic mass is 10.0. The Morgan fingerprint density at radius 3 is 2.40 bits per heavy atom. The highest BCUT2D eigenvalue weighted by molar-refractivity contribution is 5.69. The summed E-state index contributed by atoms with van der Waals surface area (Å²) in [5.41, 5.74) is 0.0547. The third-order valence-electron chi connectivity index (χ3n) is 3.26. The molecule has 1 heterocycles. The molecular weight excluding hydrogens is 342 g/mol. The molecule has 0 radical (unpaired) electrons. The summed E-state index contributed by atoms with van der Waals surface area (Å²) < 4.78 is 67.6. The topological polar surface area (TPSA) is 40.6 Å². The maximum atomic E-state index is 13.8. The summed E-state index contributed by atoms with van der Waals surface area (Å²) in [4.78, 5) is 3.54. The highest BCUT2D eigenvalue weighted by Gasteiger charge is 2.33. The molecule has 0 saturated carbocycles. The molecule has 0 bridgehead atoms. The third-order valence-corrected chi connectivity index (χ3v) is 3.26. The molecule has 4 nitrogen and oxygen atoms in total. The van der Waals surface area contributed by atoms with E-state index < -0.39 is 17.7 Å². The lowest BCUT2D eigenvalue weighted by Gasteiger charge is -2.14. The SMILES string of the molecule is COCCOc1nc(C(F)(F)F)ccc1-c1cc(F)cc(COC)c1. The van der Waals surface area contributed by atoms with E-state index in [1.807, 2.05) is 0 Å². The summed E-state index contributed by atoms with van der Waals surface area (Å²) in [7, 11) is 2.90. The van der Waals surface area contributed by atoms with Crippen molar-refractivity contribution in [2.45, 2.75) is 12.8 Å². The predicted octanol–water partition coefficient (Wildman–Crippen LogP) is 4.08. The monoisotopic (exact) mass is 359 g/mol. The number of aromatic nitrogens is 1. The summed E-state index contributed by atoms with van der Waals surface area (Å²) in [6.07, 6.45) is -4.61. The van der Waals surface area contributed by atoms with Crippen LogP contribution in [0.1, 0.15) is 11.3 Å². The van der Waals surface area contributed by atoms with E-state index in [4.69, 9.17) is 14.2 Å². The van der Waals surface area contributed by atoms with E-state index in [0.29, 0.717) is 11.1 Å². The molecule has 136 valence electrons. The minimum Gasteiger partial charge on any atom is -0.475 e. The van der Waals surface area contributed by atoms with Crippen LogP contribution in [0.4, 0.5) is 17.6 Å². The van der Waals surface area contributed by atoms with Gasteiger partial charge in [0, 0.05) is 19.8 Å². The maximum absolute atomic E-state index is 13.8. The standard InChI is InChI=1S/C17H17F4NO3/c1-23-5-6-25-16-14(3-4-15(22-16)17(19,20)21)12-7-11(10-24-2)8-13(18)9-12/h3-4,7-9H,5-6,10H2,1-2H3. The van der Waals surface area contributed by atoms with Crippen LogP contribution in [0.15, 0.2) is 30.3 Å². The molecule has 2 rings (SSSR count). The van der Waals surface area contributed by atoms with E-state index in [0.717, 1.165) is 6.07 Å². The Kier molecular flexibility index (Phi) is 6.33. The van der Waals surface area contributed by atoms with Crippen molar-refractivity contribution in [3.05, 3.63) is 47.4 Å². The highest BCUT2D eigenvalue weighted by atomic mass is 19.4. The van der Waals surface area contributed by atoms with Gasteiger partial charge < -0.3 is 14.2 Å². The van der Waals surface area contributed by atoms with Gasteiger partial charge in [-0.25, -0.2) is 9.37 Å². The van der Waals surface area contributed by atoms with Crippen LogP contribution >= 0.6 is 0 Å². The van der Waals surface area contributed by atoms with Gasteiger partial charge in [0.15, 0.2) is 0 Å². The van der Waals surface area contributed by atoms with Gasteiger partial charge in [0.25, 0.3) is 0 Å². The van der Waals surface area contributed by atoms with Gasteiger partial charge in [-0.3, -0.25) is 0 Å². The zero-order valence-electron chi connectivity index (χ0n) is 13.7. The number of benzene rings is 1. The molecule has 0 amide bonds. The van der Waals surface area contributed by atoms with Crippen molar-refractivity contribution in [2.75, 3.05) is 27.4 Å². The second kappa shape index (κ2) is 8.26. The van der Waals surface area contributed by atoms with Crippen molar-refractivity contribution < 1.29 is 31.8 Å². The molecule has 0 aliphatic heterocycles. The largest absolute Gasteiger partial charge is 0.475 e. The van der Waals surface area contributed by atoms with Crippen LogP contribution in [-0.2, 0) is 22.3 Å². The normalized spacial score (nSPS) is 11.6. The Balaban J connectivity index is 2.48. The van der Waals surface area contributed by atoms with E-state index in [9.17, 15) is 17.6 Å². The fourth-order valence-corrected chi connectivity index (χ4v) is 2.21. The summed E-state index contributed by atoms with van der Waals surface area (Å²) in [6.45, 7) is 0.353. The van der Waals surface area contributed by atoms with Crippen LogP contribution in [-0.4, -0.2) is 32.4 Å². The Morgan fingerprint density at radius 2 is 1.76 bits per heavy atom. The highest BCUT2D eigenvalue weighted by Crippen LogP contribution is 2.35. The van der Waals surface area contributed by atoms with Gasteiger partial charge in [-0.05, 0) is 41.5 Å². The molecule has 0 unspecified atom stereocenters. The van der Waals surface area contributed by atoms with E-state index in [2.05, 4.69) is 4.98 Å². The van der Waals surface area contributed by atoms with E-state index in [-0.39, 0.29) is 31.3 Å². The molecule has 0 aliphatic carbocycles. The zero-order valence-corrected chi connectivity index (χ0v) is 13.7. The molecular formula is C17H17F4NO3. The summed E-state index contributed by atoms with van der Waals surface area (Å²) in [5, 5.41) is 0. The molecule has 8 heteroatoms. The van der Waals surface area contributed by atoms with Crippen LogP contribution in [0.3, 0.4) is 0 Å². The van der Waals surface area contributed by atoms with Crippen LogP contribution < -0.4 is 4.74 Å². The smallest absolute Gasteiger partial charge is 0.433 e. The van der Waals surface area contributed by atoms with Gasteiger partial charge in [-0.15, -0.1) is 0 Å². The van der Waals surface area contributed by atoms with Gasteiger partial charge >= 0.3 is 6.18 Å². The Hall–Kier alpha value is -2.19. The van der Waals surface area contributed by atoms with Crippen molar-refractivity contribution >= 4 is 0 Å². The van der Waals surface area contributed by atoms with Crippen LogP contribution in [0.25, 0.3) is 11.1 Å². The quantitative estimate of drug-likeness (QED) is 0.552. The molecule has 2 aromatic rings. The summed E-state index contributed by atoms with van der Waals surface area (Å²) in [5.74, 6) is -0.770. The van der Waals surface area contributed by atoms with E-state index in [1.54, 1.807) is 6.07 Å². The zero-order chi connectivity index (χ0) is 18.4. The third kappa shape index (κ3) is 5.14. The minimum atomic E-state index is -4.61. The number of pyridine rings is 1. The molecule has 0 saturated heterocycles. The first-order valence-electron chi connectivity index (χ1n) is 7.34. The second-order valence-corrected chi connectivity index (χ2v) is 5.17. The summed E-state index contributed by atoms with van der Waals surface area (Å²) >= 11 is 0. The van der Waals surface area contributed by atoms with E-state index >= 15 is 0 Å². The van der Waals surface area contributed by atoms with Gasteiger partial charge in [0.05, 0.1) is 13.2 Å². The average Bonchev–Trinajstić information content (AvgIpc) is 2.54. The van der Waals surface area contributed by atoms with Crippen molar-refractivity contribution in [2.24, 2.45) is 0 Å². The second-order valence-electron chi connectivity index (χ2n) is 5.17. The number of hydrogen-bond acceptors (Lipinski definition) is 4. The lowest BCUT2D eigenvalue weighted by Crippen LogP contribution is -2.12. The average molecular weight is 359 g/mol. The predicted molar refractivity (Wildman–Crippen MR) is 82.7 cm³/mol. The minimum absolute atomic E-state index is 0.0120. The van der Waals surface area contributed by atoms with Crippen LogP contribution in [0.2, 0.25) is 0 Å². The maximum Gasteiger partial charge on any atom is 0.433 e. The Morgan fingerprint density at radius 1 is 1.00 bits per heavy atom. The molecule has 0 atom stereocenters. The molecule has 1 aromatic heterocycles. The Bertz CT molecular complexity index is 720. The van der Waals surface area contributed by atoms with Crippen LogP contribution in [0, 0.1) is 5.82 Å². The number of nitrogens with zero attached hydrogens (tertiary/aromatic N) is 1. The molecule has 1 aromatic carbocycles. The number of halogens is 4. The molecule has 0 aliphatic rings. The van der Waals surface area contributed by atoms with Gasteiger partial charge in [0.2, 0.25) is 5.88 Å². The number of rotatable bonds is 7. The number of ether oxygens (including phenoxy) is 3. The van der Waals surface area contributed by atoms with Crippen molar-refractivity contribution in [3.63, 3.8) is 0 Å². The van der Waals surface area contributed by atoms with Gasteiger partial charge in [-0.2, -0.15) is 13.2 Å². The first kappa shape index (κ1) is 19.1. The van der Waals surface area contributed by atoms with E-state index in [1.165, 1.54) is 32.4 Å². The first-order valence-corrected chi connectivity index (χ1v) is 7.34. The van der Waals surface area contributed by atoms with Crippen molar-refractivity contribution in [1.82, 2.24) is 4.98 Å². The number of alkyl halides is 3. The van der Waals surface area contributed by atoms with Gasteiger partial charge in [0.1, 0.15) is 18.1 Å². The van der Waals surface area contributed by atoms with Crippen LogP contribution in [0.5, 0.6) is 5.88 Å². The lowest BCUT2D eigenvalue weighted by molar-refractivity contribution is -0.141. The number of hydrogen-bond donors (Lipinski definition) is 0. The number of methoxy groups -OCH3 is 2. The Labute approximate surface area is 142 Å². The fourth-order valence-electron chi connectivity index (χ4n) is 2.21. The summed E-state index contributed by atoms with van der Waals surface area (Å²) in [6, 6.07) is 6.14. The van der Waals surface area contributed by atoms with Crippen molar-refractivity contribution in [3.8, 4) is 17.0 Å². The van der Waals surface area contributed by atoms with Gasteiger partial charge in [-0.1, -0.05) is 0 Å². The molecule has 25 heavy (non-hydrogen) atoms. The van der Waals surface area contributed by atoms with Crippen molar-refractivity contribution in [1.29, 1.82) is 0 Å². The molecule has 0 spiro atoms. The first-order chi connectivity index (χ1) is 11.8. The molecule has 0 N–H and O–H groups in total. The molecule has 0 fully saturated rings. The fraction of sp³-hybridized carbons (Fsp3) is 0.353.